The van der Waals surface area contributed by atoms with Crippen LogP contribution in [0.5, 0.6) is 5.75 Å². The minimum absolute atomic E-state index is 0.0223. The second-order valence-electron chi connectivity index (χ2n) is 7.20. The Balaban J connectivity index is 2.41. The van der Waals surface area contributed by atoms with Crippen molar-refractivity contribution in [1.82, 2.24) is 10.0 Å². The van der Waals surface area contributed by atoms with Crippen LogP contribution in [0.15, 0.2) is 24.3 Å². The van der Waals surface area contributed by atoms with Crippen molar-refractivity contribution in [3.8, 4) is 5.75 Å². The molecular weight excluding hydrogens is 364 g/mol. The predicted molar refractivity (Wildman–Crippen MR) is 99.8 cm³/mol. The molecule has 152 valence electrons. The molecule has 1 saturated heterocycles. The zero-order valence-electron chi connectivity index (χ0n) is 16.5. The summed E-state index contributed by atoms with van der Waals surface area (Å²) in [5.74, 6) is -3.86. The molecule has 2 atom stereocenters. The molecule has 1 heterocycles. The quantitative estimate of drug-likeness (QED) is 0.428. The van der Waals surface area contributed by atoms with Gasteiger partial charge in [0.05, 0.1) is 6.61 Å². The number of hydrogen-bond acceptors (Lipinski definition) is 6. The molecule has 2 amide bonds. The van der Waals surface area contributed by atoms with Crippen LogP contribution < -0.4 is 0 Å². The van der Waals surface area contributed by atoms with Gasteiger partial charge in [0.1, 0.15) is 11.7 Å². The summed E-state index contributed by atoms with van der Waals surface area (Å²) in [6, 6.07) is 5.07. The molecule has 8 heteroatoms. The smallest absolute Gasteiger partial charge is 0.331 e. The fraction of sp³-hybridized carbons (Fsp3) is 0.500. The number of likely N-dealkylation sites (N-methyl/N-ethyl adjacent to an activating group) is 1. The molecule has 2 unspecified atom stereocenters. The molecule has 0 radical (unpaired) electrons. The monoisotopic (exact) mass is 390 g/mol. The molecule has 2 rings (SSSR count). The molecule has 0 aliphatic carbocycles. The Labute approximate surface area is 164 Å². The van der Waals surface area contributed by atoms with Crippen molar-refractivity contribution in [2.24, 2.45) is 11.8 Å². The fourth-order valence-electron chi connectivity index (χ4n) is 3.23. The summed E-state index contributed by atoms with van der Waals surface area (Å²) in [4.78, 5) is 50.5. The normalized spacial score (nSPS) is 18.6. The SMILES string of the molecule is CCOC(=O)C(Cc1ccc(O)cc1)N1C(=O)C(CC(C)C)C(=O)C(=O)N1C. The first-order valence-electron chi connectivity index (χ1n) is 9.26. The first-order chi connectivity index (χ1) is 13.2. The third-order valence-corrected chi connectivity index (χ3v) is 4.59. The van der Waals surface area contributed by atoms with Crippen LogP contribution in [-0.4, -0.2) is 58.4 Å². The zero-order chi connectivity index (χ0) is 21.0. The van der Waals surface area contributed by atoms with E-state index in [-0.39, 0.29) is 31.1 Å². The number of ketones is 1. The van der Waals surface area contributed by atoms with Gasteiger partial charge < -0.3 is 9.84 Å². The van der Waals surface area contributed by atoms with Crippen molar-refractivity contribution in [2.45, 2.75) is 39.7 Å². The van der Waals surface area contributed by atoms with Crippen molar-refractivity contribution in [3.63, 3.8) is 0 Å². The van der Waals surface area contributed by atoms with E-state index in [1.54, 1.807) is 19.1 Å². The predicted octanol–water partition coefficient (Wildman–Crippen LogP) is 1.31. The standard InChI is InChI=1S/C20H26N2O6/c1-5-28-20(27)16(11-13-6-8-14(23)9-7-13)22-18(25)15(10-12(2)3)17(24)19(26)21(22)4/h6-9,12,15-16,23H,5,10-11H2,1-4H3. The molecule has 0 spiro atoms. The van der Waals surface area contributed by atoms with Gasteiger partial charge in [-0.3, -0.25) is 14.4 Å². The van der Waals surface area contributed by atoms with Crippen LogP contribution in [0, 0.1) is 11.8 Å². The topological polar surface area (TPSA) is 104 Å². The summed E-state index contributed by atoms with van der Waals surface area (Å²) in [5, 5.41) is 11.4. The molecule has 1 aliphatic heterocycles. The Morgan fingerprint density at radius 2 is 1.79 bits per heavy atom. The van der Waals surface area contributed by atoms with E-state index >= 15 is 0 Å². The summed E-state index contributed by atoms with van der Waals surface area (Å²) in [6.45, 7) is 5.46. The minimum atomic E-state index is -1.11. The number of benzene rings is 1. The molecule has 1 N–H and O–H groups in total. The maximum Gasteiger partial charge on any atom is 0.331 e. The summed E-state index contributed by atoms with van der Waals surface area (Å²) in [6.07, 6.45) is 0.299. The van der Waals surface area contributed by atoms with E-state index in [0.717, 1.165) is 10.0 Å². The maximum absolute atomic E-state index is 13.1. The summed E-state index contributed by atoms with van der Waals surface area (Å²) < 4.78 is 5.12. The number of carbonyl (C=O) groups excluding carboxylic acids is 4. The van der Waals surface area contributed by atoms with Gasteiger partial charge in [0, 0.05) is 13.5 Å². The maximum atomic E-state index is 13.1. The Morgan fingerprint density at radius 1 is 1.18 bits per heavy atom. The van der Waals surface area contributed by atoms with Gasteiger partial charge >= 0.3 is 11.9 Å². The second-order valence-corrected chi connectivity index (χ2v) is 7.20. The van der Waals surface area contributed by atoms with Gasteiger partial charge in [-0.15, -0.1) is 0 Å². The third-order valence-electron chi connectivity index (χ3n) is 4.59. The van der Waals surface area contributed by atoms with Gasteiger partial charge in [0.25, 0.3) is 5.91 Å². The van der Waals surface area contributed by atoms with Crippen LogP contribution in [0.25, 0.3) is 0 Å². The van der Waals surface area contributed by atoms with Crippen LogP contribution in [0.1, 0.15) is 32.8 Å². The number of nitrogens with zero attached hydrogens (tertiary/aromatic N) is 2. The molecule has 1 aromatic carbocycles. The van der Waals surface area contributed by atoms with Gasteiger partial charge in [-0.1, -0.05) is 26.0 Å². The highest BCUT2D eigenvalue weighted by Crippen LogP contribution is 2.26. The van der Waals surface area contributed by atoms with Crippen LogP contribution in [0.4, 0.5) is 0 Å². The average molecular weight is 390 g/mol. The number of ether oxygens (including phenoxy) is 1. The Morgan fingerprint density at radius 3 is 2.32 bits per heavy atom. The van der Waals surface area contributed by atoms with E-state index in [2.05, 4.69) is 0 Å². The Bertz CT molecular complexity index is 758. The minimum Gasteiger partial charge on any atom is -0.508 e. The lowest BCUT2D eigenvalue weighted by Gasteiger charge is -2.42. The number of Topliss-reactive ketones (excluding diaryl/α,β-unsaturated/α-hetero) is 1. The number of phenols is 1. The van der Waals surface area contributed by atoms with E-state index in [1.165, 1.54) is 19.2 Å². The Hall–Kier alpha value is -2.90. The number of phenolic OH excluding ortho intramolecular Hbond substituents is 1. The number of rotatable bonds is 7. The number of amides is 2. The van der Waals surface area contributed by atoms with E-state index in [4.69, 9.17) is 4.74 Å². The van der Waals surface area contributed by atoms with Crippen LogP contribution in [-0.2, 0) is 30.3 Å². The fourth-order valence-corrected chi connectivity index (χ4v) is 3.23. The number of aromatic hydroxyl groups is 1. The van der Waals surface area contributed by atoms with Crippen molar-refractivity contribution in [1.29, 1.82) is 0 Å². The van der Waals surface area contributed by atoms with Gasteiger partial charge in [0.15, 0.2) is 6.04 Å². The van der Waals surface area contributed by atoms with Crippen molar-refractivity contribution >= 4 is 23.6 Å². The molecular formula is C20H26N2O6. The van der Waals surface area contributed by atoms with Gasteiger partial charge in [-0.25, -0.2) is 14.8 Å². The third kappa shape index (κ3) is 4.49. The lowest BCUT2D eigenvalue weighted by molar-refractivity contribution is -0.187. The largest absolute Gasteiger partial charge is 0.508 e. The zero-order valence-corrected chi connectivity index (χ0v) is 16.5. The highest BCUT2D eigenvalue weighted by molar-refractivity contribution is 6.42. The molecule has 0 saturated carbocycles. The Kier molecular flexibility index (Phi) is 6.77. The average Bonchev–Trinajstić information content (AvgIpc) is 2.64. The van der Waals surface area contributed by atoms with E-state index in [0.29, 0.717) is 5.56 Å². The van der Waals surface area contributed by atoms with Gasteiger partial charge in [-0.2, -0.15) is 0 Å². The van der Waals surface area contributed by atoms with Crippen LogP contribution in [0.3, 0.4) is 0 Å². The van der Waals surface area contributed by atoms with E-state index < -0.39 is 35.5 Å². The van der Waals surface area contributed by atoms with Crippen molar-refractivity contribution in [3.05, 3.63) is 29.8 Å². The molecule has 1 fully saturated rings. The van der Waals surface area contributed by atoms with Crippen molar-refractivity contribution in [2.75, 3.05) is 13.7 Å². The molecule has 8 nitrogen and oxygen atoms in total. The molecule has 1 aliphatic rings. The first kappa shape index (κ1) is 21.4. The molecule has 1 aromatic rings. The number of hydrogen-bond donors (Lipinski definition) is 1. The number of esters is 1. The lowest BCUT2D eigenvalue weighted by Crippen LogP contribution is -2.65. The number of carbonyl (C=O) groups is 4. The first-order valence-corrected chi connectivity index (χ1v) is 9.26. The summed E-state index contributed by atoms with van der Waals surface area (Å²) in [7, 11) is 1.30. The molecule has 0 aromatic heterocycles. The second kappa shape index (κ2) is 8.86. The van der Waals surface area contributed by atoms with Crippen LogP contribution in [0.2, 0.25) is 0 Å². The summed E-state index contributed by atoms with van der Waals surface area (Å²) >= 11 is 0. The molecule has 0 bridgehead atoms. The van der Waals surface area contributed by atoms with E-state index in [9.17, 15) is 24.3 Å². The van der Waals surface area contributed by atoms with Crippen LogP contribution >= 0.6 is 0 Å². The molecule has 28 heavy (non-hydrogen) atoms. The number of hydrazine groups is 1. The highest BCUT2D eigenvalue weighted by Gasteiger charge is 2.48. The highest BCUT2D eigenvalue weighted by atomic mass is 16.5. The van der Waals surface area contributed by atoms with E-state index in [1.807, 2.05) is 13.8 Å². The van der Waals surface area contributed by atoms with Gasteiger partial charge in [0.2, 0.25) is 5.78 Å². The summed E-state index contributed by atoms with van der Waals surface area (Å²) in [5.41, 5.74) is 0.668. The lowest BCUT2D eigenvalue weighted by atomic mass is 9.89. The van der Waals surface area contributed by atoms with Gasteiger partial charge in [-0.05, 0) is 37.0 Å². The van der Waals surface area contributed by atoms with Crippen molar-refractivity contribution < 1.29 is 29.0 Å².